The summed E-state index contributed by atoms with van der Waals surface area (Å²) in [6.07, 6.45) is 0. The Labute approximate surface area is 51.3 Å². The number of aromatic nitrogens is 2. The summed E-state index contributed by atoms with van der Waals surface area (Å²) in [7, 11) is 1.52. The molecular weight excluding hydrogens is 121 g/mol. The lowest BCUT2D eigenvalue weighted by Crippen LogP contribution is -1.92. The minimum atomic E-state index is -0.617. The van der Waals surface area contributed by atoms with Gasteiger partial charge in [-0.2, -0.15) is 9.65 Å². The van der Waals surface area contributed by atoms with Crippen molar-refractivity contribution in [2.45, 2.75) is 0 Å². The Morgan fingerprint density at radius 1 is 1.89 bits per heavy atom. The summed E-state index contributed by atoms with van der Waals surface area (Å²) in [6.45, 7) is 0. The van der Waals surface area contributed by atoms with E-state index in [2.05, 4.69) is 5.10 Å². The molecule has 0 unspecified atom stereocenters. The van der Waals surface area contributed by atoms with Gasteiger partial charge in [0, 0.05) is 13.1 Å². The van der Waals surface area contributed by atoms with E-state index in [1.165, 1.54) is 11.7 Å². The Balaban J connectivity index is 3.20. The van der Waals surface area contributed by atoms with Crippen LogP contribution in [-0.4, -0.2) is 9.78 Å². The van der Waals surface area contributed by atoms with Gasteiger partial charge in [-0.3, -0.25) is 4.68 Å². The predicted octanol–water partition coefficient (Wildman–Crippen LogP) is 0.431. The molecule has 0 aliphatic rings. The molecular formula is C5H4FN3. The molecule has 46 valence electrons. The number of halogens is 1. The quantitative estimate of drug-likeness (QED) is 0.504. The molecule has 0 aliphatic carbocycles. The highest BCUT2D eigenvalue weighted by atomic mass is 19.1. The van der Waals surface area contributed by atoms with E-state index in [-0.39, 0.29) is 5.69 Å². The van der Waals surface area contributed by atoms with Crippen LogP contribution in [0.3, 0.4) is 0 Å². The van der Waals surface area contributed by atoms with Crippen molar-refractivity contribution >= 4 is 0 Å². The molecule has 1 rings (SSSR count). The molecule has 0 radical (unpaired) electrons. The molecule has 0 atom stereocenters. The van der Waals surface area contributed by atoms with E-state index in [1.807, 2.05) is 0 Å². The minimum absolute atomic E-state index is 0.229. The molecule has 0 aliphatic heterocycles. The first-order valence-corrected chi connectivity index (χ1v) is 2.33. The topological polar surface area (TPSA) is 41.6 Å². The molecule has 0 amide bonds. The Kier molecular flexibility index (Phi) is 1.19. The van der Waals surface area contributed by atoms with Gasteiger partial charge in [-0.15, -0.1) is 5.10 Å². The Morgan fingerprint density at radius 3 is 2.78 bits per heavy atom. The molecule has 1 aromatic rings. The van der Waals surface area contributed by atoms with E-state index in [4.69, 9.17) is 5.26 Å². The second-order valence-corrected chi connectivity index (χ2v) is 1.59. The third-order valence-electron chi connectivity index (χ3n) is 0.965. The van der Waals surface area contributed by atoms with E-state index < -0.39 is 5.95 Å². The summed E-state index contributed by atoms with van der Waals surface area (Å²) >= 11 is 0. The van der Waals surface area contributed by atoms with E-state index in [0.717, 1.165) is 6.07 Å². The van der Waals surface area contributed by atoms with Crippen LogP contribution in [0.4, 0.5) is 4.39 Å². The van der Waals surface area contributed by atoms with Crippen molar-refractivity contribution in [1.82, 2.24) is 9.78 Å². The van der Waals surface area contributed by atoms with Crippen molar-refractivity contribution < 1.29 is 4.39 Å². The average Bonchev–Trinajstić information content (AvgIpc) is 2.10. The van der Waals surface area contributed by atoms with Crippen LogP contribution in [0.2, 0.25) is 0 Å². The lowest BCUT2D eigenvalue weighted by atomic mass is 10.5. The van der Waals surface area contributed by atoms with Crippen LogP contribution in [0, 0.1) is 17.3 Å². The van der Waals surface area contributed by atoms with Crippen molar-refractivity contribution in [2.75, 3.05) is 0 Å². The summed E-state index contributed by atoms with van der Waals surface area (Å²) in [6, 6.07) is 2.86. The maximum absolute atomic E-state index is 12.1. The van der Waals surface area contributed by atoms with E-state index in [0.29, 0.717) is 0 Å². The second-order valence-electron chi connectivity index (χ2n) is 1.59. The van der Waals surface area contributed by atoms with Gasteiger partial charge in [-0.25, -0.2) is 0 Å². The molecule has 1 aromatic heterocycles. The standard InChI is InChI=1S/C5H4FN3/c1-9-4(3-7)2-5(6)8-9/h2H,1H3. The first-order chi connectivity index (χ1) is 4.24. The molecule has 0 saturated heterocycles. The number of nitriles is 1. The lowest BCUT2D eigenvalue weighted by Gasteiger charge is -1.84. The van der Waals surface area contributed by atoms with Crippen molar-refractivity contribution in [1.29, 1.82) is 5.26 Å². The fourth-order valence-corrected chi connectivity index (χ4v) is 0.537. The highest BCUT2D eigenvalue weighted by Crippen LogP contribution is 1.97. The van der Waals surface area contributed by atoms with Crippen LogP contribution in [0.25, 0.3) is 0 Å². The van der Waals surface area contributed by atoms with E-state index in [1.54, 1.807) is 6.07 Å². The largest absolute Gasteiger partial charge is 0.255 e. The zero-order valence-corrected chi connectivity index (χ0v) is 4.80. The van der Waals surface area contributed by atoms with Crippen LogP contribution in [0.15, 0.2) is 6.07 Å². The smallest absolute Gasteiger partial charge is 0.234 e. The molecule has 0 fully saturated rings. The Hall–Kier alpha value is -1.37. The van der Waals surface area contributed by atoms with Crippen LogP contribution >= 0.6 is 0 Å². The molecule has 9 heavy (non-hydrogen) atoms. The van der Waals surface area contributed by atoms with Gasteiger partial charge >= 0.3 is 0 Å². The molecule has 0 bridgehead atoms. The summed E-state index contributed by atoms with van der Waals surface area (Å²) in [5.41, 5.74) is 0.229. The summed E-state index contributed by atoms with van der Waals surface area (Å²) in [5.74, 6) is -0.617. The normalized spacial score (nSPS) is 9.00. The average molecular weight is 125 g/mol. The van der Waals surface area contributed by atoms with Crippen molar-refractivity contribution in [3.05, 3.63) is 17.7 Å². The van der Waals surface area contributed by atoms with Crippen LogP contribution in [0.5, 0.6) is 0 Å². The van der Waals surface area contributed by atoms with Gasteiger partial charge < -0.3 is 0 Å². The maximum atomic E-state index is 12.1. The molecule has 0 saturated carbocycles. The zero-order chi connectivity index (χ0) is 6.85. The lowest BCUT2D eigenvalue weighted by molar-refractivity contribution is 0.553. The number of rotatable bonds is 0. The molecule has 3 nitrogen and oxygen atoms in total. The third kappa shape index (κ3) is 0.891. The first kappa shape index (κ1) is 5.76. The fourth-order valence-electron chi connectivity index (χ4n) is 0.537. The van der Waals surface area contributed by atoms with Crippen LogP contribution < -0.4 is 0 Å². The van der Waals surface area contributed by atoms with Gasteiger partial charge in [0.25, 0.3) is 0 Å². The zero-order valence-electron chi connectivity index (χ0n) is 4.80. The van der Waals surface area contributed by atoms with Gasteiger partial charge in [0.15, 0.2) is 0 Å². The molecule has 0 spiro atoms. The van der Waals surface area contributed by atoms with E-state index >= 15 is 0 Å². The first-order valence-electron chi connectivity index (χ1n) is 2.33. The second kappa shape index (κ2) is 1.86. The SMILES string of the molecule is Cn1nc(F)cc1C#N. The molecule has 0 aromatic carbocycles. The minimum Gasteiger partial charge on any atom is -0.255 e. The fraction of sp³-hybridized carbons (Fsp3) is 0.200. The van der Waals surface area contributed by atoms with Crippen molar-refractivity contribution in [3.63, 3.8) is 0 Å². The van der Waals surface area contributed by atoms with Gasteiger partial charge in [-0.1, -0.05) is 0 Å². The van der Waals surface area contributed by atoms with Gasteiger partial charge in [0.05, 0.1) is 0 Å². The monoisotopic (exact) mass is 125 g/mol. The number of nitrogens with zero attached hydrogens (tertiary/aromatic N) is 3. The molecule has 0 N–H and O–H groups in total. The van der Waals surface area contributed by atoms with Gasteiger partial charge in [0.1, 0.15) is 11.8 Å². The number of aryl methyl sites for hydroxylation is 1. The Morgan fingerprint density at radius 2 is 2.56 bits per heavy atom. The van der Waals surface area contributed by atoms with Gasteiger partial charge in [0.2, 0.25) is 5.95 Å². The third-order valence-corrected chi connectivity index (χ3v) is 0.965. The summed E-state index contributed by atoms with van der Waals surface area (Å²) < 4.78 is 13.3. The van der Waals surface area contributed by atoms with Crippen LogP contribution in [-0.2, 0) is 7.05 Å². The Bertz CT molecular complexity index is 258. The summed E-state index contributed by atoms with van der Waals surface area (Å²) in [5, 5.41) is 11.6. The highest BCUT2D eigenvalue weighted by molar-refractivity contribution is 5.18. The highest BCUT2D eigenvalue weighted by Gasteiger charge is 2.00. The molecule has 4 heteroatoms. The molecule has 1 heterocycles. The predicted molar refractivity (Wildman–Crippen MR) is 27.9 cm³/mol. The van der Waals surface area contributed by atoms with Crippen LogP contribution in [0.1, 0.15) is 5.69 Å². The number of hydrogen-bond donors (Lipinski definition) is 0. The van der Waals surface area contributed by atoms with Crippen molar-refractivity contribution in [2.24, 2.45) is 7.05 Å². The van der Waals surface area contributed by atoms with Crippen molar-refractivity contribution in [3.8, 4) is 6.07 Å². The van der Waals surface area contributed by atoms with Gasteiger partial charge in [-0.05, 0) is 0 Å². The summed E-state index contributed by atoms with van der Waals surface area (Å²) in [4.78, 5) is 0. The number of hydrogen-bond acceptors (Lipinski definition) is 2. The van der Waals surface area contributed by atoms with E-state index in [9.17, 15) is 4.39 Å². The maximum Gasteiger partial charge on any atom is 0.234 e.